The Labute approximate surface area is 115 Å². The van der Waals surface area contributed by atoms with E-state index in [-0.39, 0.29) is 13.1 Å². The number of urea groups is 1. The standard InChI is InChI=1S/C11H18N4O5/c1-11(2,9(12)19)14-10(20)15-4-3-13-8(18)6(15)5-7(16)17/h6H,3-5H2,1-2H3,(H2,12,19)(H,13,18)(H,14,20)(H,16,17). The van der Waals surface area contributed by atoms with Gasteiger partial charge in [0.2, 0.25) is 11.8 Å². The lowest BCUT2D eigenvalue weighted by Crippen LogP contribution is -2.63. The summed E-state index contributed by atoms with van der Waals surface area (Å²) in [5, 5.41) is 13.7. The highest BCUT2D eigenvalue weighted by Gasteiger charge is 2.37. The summed E-state index contributed by atoms with van der Waals surface area (Å²) >= 11 is 0. The molecule has 20 heavy (non-hydrogen) atoms. The van der Waals surface area contributed by atoms with Gasteiger partial charge in [-0.05, 0) is 13.8 Å². The Kier molecular flexibility index (Phi) is 4.53. The first-order valence-electron chi connectivity index (χ1n) is 6.03. The number of carbonyl (C=O) groups excluding carboxylic acids is 3. The lowest BCUT2D eigenvalue weighted by molar-refractivity contribution is -0.142. The smallest absolute Gasteiger partial charge is 0.319 e. The van der Waals surface area contributed by atoms with Gasteiger partial charge in [-0.25, -0.2) is 4.79 Å². The summed E-state index contributed by atoms with van der Waals surface area (Å²) in [6, 6.07) is -1.81. The van der Waals surface area contributed by atoms with E-state index in [9.17, 15) is 19.2 Å². The summed E-state index contributed by atoms with van der Waals surface area (Å²) in [6.07, 6.45) is -0.504. The first-order valence-corrected chi connectivity index (χ1v) is 6.03. The molecule has 1 unspecified atom stereocenters. The number of nitrogens with two attached hydrogens (primary N) is 1. The van der Waals surface area contributed by atoms with Crippen LogP contribution < -0.4 is 16.4 Å². The van der Waals surface area contributed by atoms with E-state index in [0.717, 1.165) is 4.90 Å². The predicted octanol–water partition coefficient (Wildman–Crippen LogP) is -1.76. The number of rotatable bonds is 4. The monoisotopic (exact) mass is 286 g/mol. The van der Waals surface area contributed by atoms with Gasteiger partial charge in [0.25, 0.3) is 0 Å². The van der Waals surface area contributed by atoms with Crippen molar-refractivity contribution in [1.29, 1.82) is 0 Å². The zero-order valence-electron chi connectivity index (χ0n) is 11.3. The number of amides is 4. The number of primary amides is 1. The molecule has 5 N–H and O–H groups in total. The quantitative estimate of drug-likeness (QED) is 0.484. The number of hydrogen-bond acceptors (Lipinski definition) is 4. The topological polar surface area (TPSA) is 142 Å². The van der Waals surface area contributed by atoms with Crippen LogP contribution in [0.4, 0.5) is 4.79 Å². The second kappa shape index (κ2) is 5.76. The number of carboxylic acids is 1. The second-order valence-electron chi connectivity index (χ2n) is 5.02. The highest BCUT2D eigenvalue weighted by atomic mass is 16.4. The van der Waals surface area contributed by atoms with Crippen molar-refractivity contribution in [1.82, 2.24) is 15.5 Å². The normalized spacial score (nSPS) is 19.2. The number of carboxylic acid groups (broad SMARTS) is 1. The molecular weight excluding hydrogens is 268 g/mol. The van der Waals surface area contributed by atoms with E-state index in [2.05, 4.69) is 10.6 Å². The zero-order valence-corrected chi connectivity index (χ0v) is 11.3. The predicted molar refractivity (Wildman–Crippen MR) is 67.6 cm³/mol. The van der Waals surface area contributed by atoms with Gasteiger partial charge in [-0.1, -0.05) is 0 Å². The fourth-order valence-corrected chi connectivity index (χ4v) is 1.73. The molecule has 0 spiro atoms. The Hall–Kier alpha value is -2.32. The first kappa shape index (κ1) is 15.7. The van der Waals surface area contributed by atoms with Crippen molar-refractivity contribution in [2.45, 2.75) is 31.8 Å². The number of aliphatic carboxylic acids is 1. The van der Waals surface area contributed by atoms with Crippen molar-refractivity contribution in [2.75, 3.05) is 13.1 Å². The lowest BCUT2D eigenvalue weighted by atomic mass is 10.1. The van der Waals surface area contributed by atoms with Gasteiger partial charge < -0.3 is 26.4 Å². The molecule has 0 aliphatic carbocycles. The third-order valence-electron chi connectivity index (χ3n) is 3.00. The van der Waals surface area contributed by atoms with Crippen LogP contribution in [0.2, 0.25) is 0 Å². The summed E-state index contributed by atoms with van der Waals surface area (Å²) in [5.41, 5.74) is 3.85. The van der Waals surface area contributed by atoms with Crippen molar-refractivity contribution in [2.24, 2.45) is 5.73 Å². The highest BCUT2D eigenvalue weighted by Crippen LogP contribution is 2.11. The largest absolute Gasteiger partial charge is 0.481 e. The van der Waals surface area contributed by atoms with Gasteiger partial charge in [0.05, 0.1) is 6.42 Å². The van der Waals surface area contributed by atoms with Crippen LogP contribution in [0.3, 0.4) is 0 Å². The third-order valence-corrected chi connectivity index (χ3v) is 3.00. The van der Waals surface area contributed by atoms with Crippen LogP contribution in [-0.2, 0) is 14.4 Å². The molecule has 0 radical (unpaired) electrons. The Bertz CT molecular complexity index is 448. The molecule has 1 atom stereocenters. The molecule has 112 valence electrons. The maximum absolute atomic E-state index is 12.1. The van der Waals surface area contributed by atoms with Gasteiger partial charge in [0, 0.05) is 13.1 Å². The molecule has 0 saturated carbocycles. The molecule has 1 saturated heterocycles. The maximum atomic E-state index is 12.1. The van der Waals surface area contributed by atoms with Crippen LogP contribution in [0.5, 0.6) is 0 Å². The van der Waals surface area contributed by atoms with Gasteiger partial charge in [0.15, 0.2) is 0 Å². The molecule has 0 bridgehead atoms. The van der Waals surface area contributed by atoms with Crippen molar-refractivity contribution in [3.8, 4) is 0 Å². The summed E-state index contributed by atoms with van der Waals surface area (Å²) in [4.78, 5) is 46.8. The van der Waals surface area contributed by atoms with Crippen LogP contribution >= 0.6 is 0 Å². The first-order chi connectivity index (χ1) is 9.15. The zero-order chi connectivity index (χ0) is 15.5. The van der Waals surface area contributed by atoms with Crippen molar-refractivity contribution in [3.05, 3.63) is 0 Å². The van der Waals surface area contributed by atoms with Crippen LogP contribution in [0.1, 0.15) is 20.3 Å². The Morgan fingerprint density at radius 3 is 2.60 bits per heavy atom. The number of carbonyl (C=O) groups is 4. The molecule has 4 amide bonds. The fourth-order valence-electron chi connectivity index (χ4n) is 1.73. The Morgan fingerprint density at radius 1 is 1.50 bits per heavy atom. The number of piperazine rings is 1. The minimum absolute atomic E-state index is 0.157. The van der Waals surface area contributed by atoms with Gasteiger partial charge in [-0.3, -0.25) is 14.4 Å². The SMILES string of the molecule is CC(C)(NC(=O)N1CCNC(=O)C1CC(=O)O)C(N)=O. The summed E-state index contributed by atoms with van der Waals surface area (Å²) in [5.74, 6) is -2.47. The molecule has 1 heterocycles. The molecule has 1 rings (SSSR count). The van der Waals surface area contributed by atoms with E-state index in [4.69, 9.17) is 10.8 Å². The van der Waals surface area contributed by atoms with E-state index < -0.39 is 41.8 Å². The van der Waals surface area contributed by atoms with Gasteiger partial charge in [0.1, 0.15) is 11.6 Å². The molecule has 9 nitrogen and oxygen atoms in total. The van der Waals surface area contributed by atoms with Crippen LogP contribution in [0, 0.1) is 0 Å². The minimum Gasteiger partial charge on any atom is -0.481 e. The Morgan fingerprint density at radius 2 is 2.10 bits per heavy atom. The summed E-state index contributed by atoms with van der Waals surface area (Å²) < 4.78 is 0. The summed E-state index contributed by atoms with van der Waals surface area (Å²) in [7, 11) is 0. The van der Waals surface area contributed by atoms with E-state index >= 15 is 0 Å². The number of nitrogens with one attached hydrogen (secondary N) is 2. The lowest BCUT2D eigenvalue weighted by Gasteiger charge is -2.36. The van der Waals surface area contributed by atoms with E-state index in [0.29, 0.717) is 0 Å². The van der Waals surface area contributed by atoms with E-state index in [1.54, 1.807) is 0 Å². The molecule has 0 aromatic rings. The van der Waals surface area contributed by atoms with Crippen molar-refractivity contribution >= 4 is 23.8 Å². The fraction of sp³-hybridized carbons (Fsp3) is 0.636. The minimum atomic E-state index is -1.29. The molecule has 9 heteroatoms. The highest BCUT2D eigenvalue weighted by molar-refractivity contribution is 5.93. The van der Waals surface area contributed by atoms with Gasteiger partial charge in [-0.15, -0.1) is 0 Å². The average molecular weight is 286 g/mol. The van der Waals surface area contributed by atoms with Gasteiger partial charge >= 0.3 is 12.0 Å². The van der Waals surface area contributed by atoms with Crippen LogP contribution in [0.15, 0.2) is 0 Å². The number of nitrogens with zero attached hydrogens (tertiary/aromatic N) is 1. The molecule has 1 aliphatic rings. The van der Waals surface area contributed by atoms with Gasteiger partial charge in [-0.2, -0.15) is 0 Å². The molecule has 1 aliphatic heterocycles. The summed E-state index contributed by atoms with van der Waals surface area (Å²) in [6.45, 7) is 3.22. The van der Waals surface area contributed by atoms with Crippen molar-refractivity contribution < 1.29 is 24.3 Å². The van der Waals surface area contributed by atoms with Crippen molar-refractivity contribution in [3.63, 3.8) is 0 Å². The number of hydrogen-bond donors (Lipinski definition) is 4. The maximum Gasteiger partial charge on any atom is 0.319 e. The molecule has 0 aromatic heterocycles. The van der Waals surface area contributed by atoms with Crippen LogP contribution in [0.25, 0.3) is 0 Å². The van der Waals surface area contributed by atoms with Crippen LogP contribution in [-0.4, -0.2) is 58.5 Å². The molecule has 0 aromatic carbocycles. The Balaban J connectivity index is 2.85. The third kappa shape index (κ3) is 3.59. The average Bonchev–Trinajstić information content (AvgIpc) is 2.30. The second-order valence-corrected chi connectivity index (χ2v) is 5.02. The molecular formula is C11H18N4O5. The van der Waals surface area contributed by atoms with E-state index in [1.165, 1.54) is 13.8 Å². The van der Waals surface area contributed by atoms with E-state index in [1.807, 2.05) is 0 Å². The molecule has 1 fully saturated rings.